The third kappa shape index (κ3) is 2.00. The van der Waals surface area contributed by atoms with E-state index < -0.39 is 0 Å². The van der Waals surface area contributed by atoms with Crippen molar-refractivity contribution in [1.82, 2.24) is 4.98 Å². The van der Waals surface area contributed by atoms with Crippen molar-refractivity contribution in [2.24, 2.45) is 0 Å². The first-order valence-electron chi connectivity index (χ1n) is 4.68. The maximum atomic E-state index is 4.58. The number of aromatic nitrogens is 1. The largest absolute Gasteiger partial charge is 0.248 e. The number of nitrogens with zero attached hydrogens (tertiary/aromatic N) is 1. The van der Waals surface area contributed by atoms with Crippen molar-refractivity contribution in [3.05, 3.63) is 54.6 Å². The minimum Gasteiger partial charge on any atom is -0.248 e. The molecule has 0 aliphatic rings. The van der Waals surface area contributed by atoms with Gasteiger partial charge in [-0.15, -0.1) is 0 Å². The molecule has 1 heterocycles. The number of para-hydroxylation sites is 2. The minimum absolute atomic E-state index is 0. The van der Waals surface area contributed by atoms with Gasteiger partial charge in [-0.25, -0.2) is 4.98 Å². The van der Waals surface area contributed by atoms with Gasteiger partial charge < -0.3 is 0 Å². The molecule has 2 aromatic carbocycles. The standard InChI is InChI=1S/C13H9N.Ar/c1-3-7-12-10(5-1)9-11-6-2-4-8-13(11)14-12;/h1-9H;. The van der Waals surface area contributed by atoms with E-state index in [0.717, 1.165) is 11.0 Å². The zero-order valence-corrected chi connectivity index (χ0v) is 8.70. The third-order valence-corrected chi connectivity index (χ3v) is 2.43. The van der Waals surface area contributed by atoms with Gasteiger partial charge in [-0.05, 0) is 18.2 Å². The van der Waals surface area contributed by atoms with Gasteiger partial charge in [0.1, 0.15) is 0 Å². The van der Waals surface area contributed by atoms with Crippen LogP contribution in [-0.4, -0.2) is 4.98 Å². The van der Waals surface area contributed by atoms with Gasteiger partial charge in [-0.2, -0.15) is 0 Å². The average Bonchev–Trinajstić information content (AvgIpc) is 2.26. The number of fused-ring (bicyclic) bond motifs is 2. The predicted octanol–water partition coefficient (Wildman–Crippen LogP) is 3.39. The molecule has 0 aliphatic carbocycles. The molecule has 0 amide bonds. The van der Waals surface area contributed by atoms with E-state index in [1.807, 2.05) is 36.4 Å². The van der Waals surface area contributed by atoms with Crippen LogP contribution in [0, 0.1) is 37.7 Å². The molecule has 3 rings (SSSR count). The summed E-state index contributed by atoms with van der Waals surface area (Å²) in [4.78, 5) is 4.58. The maximum absolute atomic E-state index is 4.58. The van der Waals surface area contributed by atoms with Crippen LogP contribution in [-0.2, 0) is 0 Å². The van der Waals surface area contributed by atoms with Gasteiger partial charge in [0, 0.05) is 48.5 Å². The normalized spacial score (nSPS) is 10.1. The Morgan fingerprint density at radius 2 is 1.13 bits per heavy atom. The van der Waals surface area contributed by atoms with E-state index in [0.29, 0.717) is 0 Å². The van der Waals surface area contributed by atoms with Crippen LogP contribution < -0.4 is 0 Å². The molecular weight excluding hydrogens is 210 g/mol. The molecule has 3 aromatic rings. The molecule has 0 saturated heterocycles. The van der Waals surface area contributed by atoms with Crippen LogP contribution in [0.2, 0.25) is 0 Å². The summed E-state index contributed by atoms with van der Waals surface area (Å²) in [6, 6.07) is 18.6. The van der Waals surface area contributed by atoms with Gasteiger partial charge in [0.15, 0.2) is 0 Å². The van der Waals surface area contributed by atoms with Crippen LogP contribution in [0.1, 0.15) is 0 Å². The van der Waals surface area contributed by atoms with Gasteiger partial charge >= 0.3 is 0 Å². The van der Waals surface area contributed by atoms with E-state index in [1.165, 1.54) is 10.8 Å². The van der Waals surface area contributed by atoms with E-state index in [9.17, 15) is 0 Å². The second-order valence-corrected chi connectivity index (χ2v) is 3.37. The van der Waals surface area contributed by atoms with Crippen LogP contribution in [0.4, 0.5) is 0 Å². The summed E-state index contributed by atoms with van der Waals surface area (Å²) in [6.45, 7) is 0. The van der Waals surface area contributed by atoms with E-state index in [1.54, 1.807) is 0 Å². The number of pyridine rings is 1. The molecule has 1 nitrogen and oxygen atoms in total. The number of rotatable bonds is 0. The van der Waals surface area contributed by atoms with Crippen LogP contribution in [0.15, 0.2) is 54.6 Å². The zero-order chi connectivity index (χ0) is 9.38. The van der Waals surface area contributed by atoms with E-state index in [4.69, 9.17) is 0 Å². The molecule has 0 unspecified atom stereocenters. The van der Waals surface area contributed by atoms with E-state index >= 15 is 0 Å². The fraction of sp³-hybridized carbons (Fsp3) is 0. The molecule has 0 radical (unpaired) electrons. The van der Waals surface area contributed by atoms with Gasteiger partial charge in [-0.1, -0.05) is 36.4 Å². The van der Waals surface area contributed by atoms with Crippen molar-refractivity contribution in [1.29, 1.82) is 0 Å². The molecule has 2 heteroatoms. The van der Waals surface area contributed by atoms with Gasteiger partial charge in [0.2, 0.25) is 0 Å². The summed E-state index contributed by atoms with van der Waals surface area (Å²) in [5.74, 6) is 0. The first-order chi connectivity index (χ1) is 6.93. The summed E-state index contributed by atoms with van der Waals surface area (Å²) < 4.78 is 0. The second-order valence-electron chi connectivity index (χ2n) is 3.37. The SMILES string of the molecule is [Ar].c1ccc2nc3ccccc3cc2c1. The molecule has 0 N–H and O–H groups in total. The molecule has 0 aliphatic heterocycles. The summed E-state index contributed by atoms with van der Waals surface area (Å²) in [6.07, 6.45) is 0. The Balaban J connectivity index is 0.000000853. The first kappa shape index (κ1) is 10.9. The van der Waals surface area contributed by atoms with Crippen LogP contribution >= 0.6 is 0 Å². The molecule has 0 spiro atoms. The molecule has 74 valence electrons. The number of hydrogen-bond acceptors (Lipinski definition) is 1. The Bertz CT molecular complexity index is 499. The quantitative estimate of drug-likeness (QED) is 0.528. The van der Waals surface area contributed by atoms with E-state index in [2.05, 4.69) is 23.2 Å². The molecule has 0 fully saturated rings. The van der Waals surface area contributed by atoms with Crippen LogP contribution in [0.3, 0.4) is 0 Å². The summed E-state index contributed by atoms with van der Waals surface area (Å²) in [5, 5.41) is 2.40. The van der Waals surface area contributed by atoms with Crippen molar-refractivity contribution in [3.63, 3.8) is 0 Å². The summed E-state index contributed by atoms with van der Waals surface area (Å²) in [5.41, 5.74) is 2.12. The topological polar surface area (TPSA) is 12.9 Å². The fourth-order valence-electron chi connectivity index (χ4n) is 1.72. The monoisotopic (exact) mass is 219 g/mol. The summed E-state index contributed by atoms with van der Waals surface area (Å²) in [7, 11) is 0. The van der Waals surface area contributed by atoms with Crippen molar-refractivity contribution in [3.8, 4) is 0 Å². The predicted molar refractivity (Wildman–Crippen MR) is 59.2 cm³/mol. The van der Waals surface area contributed by atoms with Crippen molar-refractivity contribution < 1.29 is 37.7 Å². The van der Waals surface area contributed by atoms with Crippen molar-refractivity contribution in [2.75, 3.05) is 0 Å². The number of hydrogen-bond donors (Lipinski definition) is 0. The molecule has 0 saturated carbocycles. The Labute approximate surface area is 118 Å². The summed E-state index contributed by atoms with van der Waals surface area (Å²) >= 11 is 0. The first-order valence-corrected chi connectivity index (χ1v) is 4.68. The zero-order valence-electron chi connectivity index (χ0n) is 8.00. The second kappa shape index (κ2) is 4.48. The molecular formula is C13H9ArN. The average molecular weight is 219 g/mol. The van der Waals surface area contributed by atoms with Gasteiger partial charge in [0.25, 0.3) is 0 Å². The Kier molecular flexibility index (Phi) is 3.25. The van der Waals surface area contributed by atoms with Crippen molar-refractivity contribution in [2.45, 2.75) is 0 Å². The Hall–Kier alpha value is -0.630. The number of benzene rings is 2. The Morgan fingerprint density at radius 1 is 0.667 bits per heavy atom. The van der Waals surface area contributed by atoms with Crippen LogP contribution in [0.5, 0.6) is 0 Å². The van der Waals surface area contributed by atoms with Gasteiger partial charge in [-0.3, -0.25) is 0 Å². The molecule has 15 heavy (non-hydrogen) atoms. The maximum Gasteiger partial charge on any atom is 0.0709 e. The third-order valence-electron chi connectivity index (χ3n) is 2.43. The van der Waals surface area contributed by atoms with Crippen LogP contribution in [0.25, 0.3) is 21.8 Å². The Morgan fingerprint density at radius 3 is 1.67 bits per heavy atom. The minimum atomic E-state index is 0. The molecule has 0 bridgehead atoms. The van der Waals surface area contributed by atoms with Crippen molar-refractivity contribution >= 4 is 21.8 Å². The fourth-order valence-corrected chi connectivity index (χ4v) is 1.72. The van der Waals surface area contributed by atoms with Gasteiger partial charge in [0.05, 0.1) is 11.0 Å². The smallest absolute Gasteiger partial charge is 0.0709 e. The molecule has 1 aromatic heterocycles. The van der Waals surface area contributed by atoms with E-state index in [-0.39, 0.29) is 37.7 Å². The molecule has 0 atom stereocenters.